The molecule has 164 valence electrons. The molecule has 0 bridgehead atoms. The maximum atomic E-state index is 12.1. The minimum Gasteiger partial charge on any atom is -0.399 e. The van der Waals surface area contributed by atoms with Crippen molar-refractivity contribution in [3.8, 4) is 0 Å². The molecule has 31 heavy (non-hydrogen) atoms. The van der Waals surface area contributed by atoms with E-state index >= 15 is 0 Å². The first-order valence-corrected chi connectivity index (χ1v) is 10.6. The molecule has 0 unspecified atom stereocenters. The Kier molecular flexibility index (Phi) is 8.48. The van der Waals surface area contributed by atoms with Crippen LogP contribution in [-0.2, 0) is 16.1 Å². The number of nitrogens with one attached hydrogen (secondary N) is 1. The summed E-state index contributed by atoms with van der Waals surface area (Å²) < 4.78 is 5.80. The summed E-state index contributed by atoms with van der Waals surface area (Å²) in [6.45, 7) is 6.00. The number of rotatable bonds is 10. The minimum absolute atomic E-state index is 0.0959. The monoisotopic (exact) mass is 421 g/mol. The number of nitrogens with two attached hydrogens (primary N) is 1. The first-order chi connectivity index (χ1) is 15.1. The lowest BCUT2D eigenvalue weighted by Crippen LogP contribution is -2.32. The van der Waals surface area contributed by atoms with Gasteiger partial charge in [-0.3, -0.25) is 9.79 Å². The molecule has 0 spiro atoms. The summed E-state index contributed by atoms with van der Waals surface area (Å²) in [4.78, 5) is 20.6. The normalized spacial score (nSPS) is 17.4. The summed E-state index contributed by atoms with van der Waals surface area (Å²) in [6, 6.07) is 10.1. The van der Waals surface area contributed by atoms with Gasteiger partial charge in [-0.25, -0.2) is 0 Å². The third kappa shape index (κ3) is 7.46. The molecule has 1 aromatic rings. The average Bonchev–Trinajstić information content (AvgIpc) is 3.25. The Hall–Kier alpha value is -3.32. The Balaban J connectivity index is 1.41. The van der Waals surface area contributed by atoms with E-state index in [-0.39, 0.29) is 19.0 Å². The van der Waals surface area contributed by atoms with Crippen molar-refractivity contribution in [3.63, 3.8) is 0 Å². The molecule has 0 aromatic heterocycles. The van der Waals surface area contributed by atoms with Crippen LogP contribution in [0.3, 0.4) is 0 Å². The van der Waals surface area contributed by atoms with Gasteiger partial charge >= 0.3 is 0 Å². The van der Waals surface area contributed by atoms with Gasteiger partial charge < -0.3 is 25.6 Å². The number of carbonyl (C=O) groups excluding carboxylic acids is 1. The number of amidine groups is 1. The molecule has 0 atom stereocenters. The molecular weight excluding hydrogens is 390 g/mol. The first-order valence-electron chi connectivity index (χ1n) is 10.6. The number of aliphatic imine (C=N–C) groups is 1. The molecule has 2 aliphatic heterocycles. The van der Waals surface area contributed by atoms with E-state index < -0.39 is 0 Å². The number of hydrogen-bond donors (Lipinski definition) is 2. The van der Waals surface area contributed by atoms with Gasteiger partial charge in [0.25, 0.3) is 0 Å². The highest BCUT2D eigenvalue weighted by atomic mass is 16.5. The van der Waals surface area contributed by atoms with E-state index in [9.17, 15) is 4.79 Å². The fraction of sp³-hybridized carbons (Fsp3) is 0.333. The fourth-order valence-corrected chi connectivity index (χ4v) is 3.27. The molecule has 7 heteroatoms. The summed E-state index contributed by atoms with van der Waals surface area (Å²) in [6.07, 6.45) is 12.0. The maximum absolute atomic E-state index is 12.1. The van der Waals surface area contributed by atoms with Crippen molar-refractivity contribution in [2.24, 2.45) is 10.7 Å². The third-order valence-corrected chi connectivity index (χ3v) is 4.86. The van der Waals surface area contributed by atoms with Crippen LogP contribution < -0.4 is 11.1 Å². The quantitative estimate of drug-likeness (QED) is 0.605. The minimum atomic E-state index is -0.149. The largest absolute Gasteiger partial charge is 0.399 e. The Bertz CT molecular complexity index is 886. The van der Waals surface area contributed by atoms with Crippen LogP contribution in [0.15, 0.2) is 83.3 Å². The zero-order valence-corrected chi connectivity index (χ0v) is 18.0. The van der Waals surface area contributed by atoms with E-state index in [1.807, 2.05) is 59.8 Å². The molecule has 7 nitrogen and oxygen atoms in total. The Labute approximate surface area is 184 Å². The lowest BCUT2D eigenvalue weighted by Gasteiger charge is -2.20. The highest BCUT2D eigenvalue weighted by Gasteiger charge is 2.11. The molecule has 1 amide bonds. The van der Waals surface area contributed by atoms with Crippen LogP contribution >= 0.6 is 0 Å². The molecule has 3 rings (SSSR count). The van der Waals surface area contributed by atoms with Gasteiger partial charge in [0, 0.05) is 37.7 Å². The fourth-order valence-electron chi connectivity index (χ4n) is 3.27. The molecule has 2 aliphatic rings. The van der Waals surface area contributed by atoms with E-state index in [4.69, 9.17) is 10.5 Å². The van der Waals surface area contributed by atoms with Gasteiger partial charge in [0.05, 0.1) is 19.8 Å². The van der Waals surface area contributed by atoms with Crippen molar-refractivity contribution in [1.82, 2.24) is 15.1 Å². The van der Waals surface area contributed by atoms with Crippen molar-refractivity contribution in [2.45, 2.75) is 13.5 Å². The van der Waals surface area contributed by atoms with Gasteiger partial charge in [0.15, 0.2) is 0 Å². The lowest BCUT2D eigenvalue weighted by atomic mass is 10.2. The van der Waals surface area contributed by atoms with Crippen molar-refractivity contribution >= 4 is 11.7 Å². The van der Waals surface area contributed by atoms with Gasteiger partial charge in [-0.2, -0.15) is 0 Å². The maximum Gasteiger partial charge on any atom is 0.242 e. The Morgan fingerprint density at radius 1 is 1.19 bits per heavy atom. The lowest BCUT2D eigenvalue weighted by molar-refractivity contribution is -0.119. The van der Waals surface area contributed by atoms with Gasteiger partial charge in [-0.1, -0.05) is 48.6 Å². The molecule has 1 aromatic carbocycles. The van der Waals surface area contributed by atoms with Crippen LogP contribution in [0.2, 0.25) is 0 Å². The molecule has 0 aliphatic carbocycles. The van der Waals surface area contributed by atoms with Crippen LogP contribution in [0.25, 0.3) is 0 Å². The van der Waals surface area contributed by atoms with Crippen molar-refractivity contribution < 1.29 is 9.53 Å². The average molecular weight is 422 g/mol. The second-order valence-corrected chi connectivity index (χ2v) is 7.38. The van der Waals surface area contributed by atoms with Crippen LogP contribution in [-0.4, -0.2) is 60.9 Å². The van der Waals surface area contributed by atoms with E-state index in [0.717, 1.165) is 36.6 Å². The number of amides is 1. The summed E-state index contributed by atoms with van der Waals surface area (Å²) >= 11 is 0. The summed E-state index contributed by atoms with van der Waals surface area (Å²) in [5.74, 6) is 0.706. The third-order valence-electron chi connectivity index (χ3n) is 4.86. The number of ether oxygens (including phenoxy) is 1. The van der Waals surface area contributed by atoms with E-state index in [1.165, 1.54) is 0 Å². The number of nitrogens with zero attached hydrogens (tertiary/aromatic N) is 3. The summed E-state index contributed by atoms with van der Waals surface area (Å²) in [7, 11) is 0. The zero-order chi connectivity index (χ0) is 21.9. The van der Waals surface area contributed by atoms with Gasteiger partial charge in [-0.05, 0) is 24.1 Å². The van der Waals surface area contributed by atoms with E-state index in [1.54, 1.807) is 0 Å². The molecule has 0 saturated heterocycles. The van der Waals surface area contributed by atoms with Crippen LogP contribution in [0, 0.1) is 0 Å². The van der Waals surface area contributed by atoms with Gasteiger partial charge in [0.1, 0.15) is 12.4 Å². The van der Waals surface area contributed by atoms with Crippen LogP contribution in [0.4, 0.5) is 0 Å². The summed E-state index contributed by atoms with van der Waals surface area (Å²) in [5.41, 5.74) is 8.89. The van der Waals surface area contributed by atoms with E-state index in [0.29, 0.717) is 18.9 Å². The summed E-state index contributed by atoms with van der Waals surface area (Å²) in [5, 5.41) is 2.82. The highest BCUT2D eigenvalue weighted by molar-refractivity contribution is 5.96. The van der Waals surface area contributed by atoms with Crippen molar-refractivity contribution in [3.05, 3.63) is 83.9 Å². The molecule has 2 heterocycles. The number of carbonyl (C=O) groups is 1. The Morgan fingerprint density at radius 2 is 2.00 bits per heavy atom. The van der Waals surface area contributed by atoms with Crippen LogP contribution in [0.1, 0.15) is 12.5 Å². The topological polar surface area (TPSA) is 83.2 Å². The number of likely N-dealkylation sites (N-methyl/N-ethyl adjacent to an activating group) is 1. The number of hydrogen-bond acceptors (Lipinski definition) is 5. The second-order valence-electron chi connectivity index (χ2n) is 7.38. The standard InChI is InChI=1S/C24H31N5O2/c1-2-29-13-7-11-23(29)26-15-24(30)27-14-22(25)17-28-12-6-10-21(16-28)19-31-18-20-8-4-3-5-9-20/h3-11,16-17H,2,12-15,18-19,25H2,1H3,(H,27,30)/b22-17-,26-23?. The molecule has 0 saturated carbocycles. The van der Waals surface area contributed by atoms with Gasteiger partial charge in [0.2, 0.25) is 5.91 Å². The van der Waals surface area contributed by atoms with Gasteiger partial charge in [-0.15, -0.1) is 0 Å². The first kappa shape index (κ1) is 22.4. The molecule has 0 fully saturated rings. The second kappa shape index (κ2) is 11.8. The Morgan fingerprint density at radius 3 is 2.81 bits per heavy atom. The predicted octanol–water partition coefficient (Wildman–Crippen LogP) is 2.17. The number of benzene rings is 1. The highest BCUT2D eigenvalue weighted by Crippen LogP contribution is 2.11. The smallest absolute Gasteiger partial charge is 0.242 e. The molecular formula is C24H31N5O2. The molecule has 0 radical (unpaired) electrons. The zero-order valence-electron chi connectivity index (χ0n) is 18.0. The van der Waals surface area contributed by atoms with Crippen molar-refractivity contribution in [2.75, 3.05) is 39.3 Å². The van der Waals surface area contributed by atoms with E-state index in [2.05, 4.69) is 34.3 Å². The molecule has 3 N–H and O–H groups in total. The SMILES string of the molecule is CCN1CC=CC1=NCC(=O)NC/C(N)=C/N1C=C(COCc2ccccc2)C=CC1. The predicted molar refractivity (Wildman–Crippen MR) is 124 cm³/mol. The van der Waals surface area contributed by atoms with Crippen LogP contribution in [0.5, 0.6) is 0 Å². The van der Waals surface area contributed by atoms with Crippen molar-refractivity contribution in [1.29, 1.82) is 0 Å².